The first-order valence-electron chi connectivity index (χ1n) is 7.59. The number of amides is 1. The third kappa shape index (κ3) is 4.09. The number of carbonyl (C=O) groups excluding carboxylic acids is 1. The van der Waals surface area contributed by atoms with Crippen LogP contribution in [0.2, 0.25) is 0 Å². The summed E-state index contributed by atoms with van der Waals surface area (Å²) in [5.41, 5.74) is 1.59. The lowest BCUT2D eigenvalue weighted by atomic mass is 10.1. The Morgan fingerprint density at radius 1 is 1.08 bits per heavy atom. The SMILES string of the molecule is Cc1ccc(F)cc1NC(=O)c1cccc(NS(=O)(=O)c2cccs2)c1. The van der Waals surface area contributed by atoms with E-state index < -0.39 is 21.7 Å². The number of halogens is 1. The summed E-state index contributed by atoms with van der Waals surface area (Å²) >= 11 is 1.10. The van der Waals surface area contributed by atoms with Crippen molar-refractivity contribution in [3.05, 3.63) is 76.9 Å². The Morgan fingerprint density at radius 3 is 2.62 bits per heavy atom. The van der Waals surface area contributed by atoms with E-state index in [0.717, 1.165) is 11.3 Å². The van der Waals surface area contributed by atoms with Gasteiger partial charge in [0.05, 0.1) is 0 Å². The molecule has 0 saturated heterocycles. The predicted octanol–water partition coefficient (Wildman–Crippen LogP) is 4.25. The van der Waals surface area contributed by atoms with Crippen LogP contribution in [0.5, 0.6) is 0 Å². The van der Waals surface area contributed by atoms with Crippen LogP contribution in [-0.2, 0) is 10.0 Å². The fourth-order valence-electron chi connectivity index (χ4n) is 2.27. The van der Waals surface area contributed by atoms with Crippen molar-refractivity contribution in [2.45, 2.75) is 11.1 Å². The van der Waals surface area contributed by atoms with Crippen molar-refractivity contribution in [1.82, 2.24) is 0 Å². The van der Waals surface area contributed by atoms with Gasteiger partial charge in [0.2, 0.25) is 0 Å². The minimum Gasteiger partial charge on any atom is -0.322 e. The molecule has 0 aliphatic heterocycles. The van der Waals surface area contributed by atoms with Crippen LogP contribution in [-0.4, -0.2) is 14.3 Å². The molecule has 1 aromatic heterocycles. The van der Waals surface area contributed by atoms with Crippen LogP contribution in [0, 0.1) is 12.7 Å². The topological polar surface area (TPSA) is 75.3 Å². The van der Waals surface area contributed by atoms with Gasteiger partial charge in [-0.3, -0.25) is 9.52 Å². The normalized spacial score (nSPS) is 11.2. The van der Waals surface area contributed by atoms with Gasteiger partial charge in [0.25, 0.3) is 15.9 Å². The molecule has 26 heavy (non-hydrogen) atoms. The van der Waals surface area contributed by atoms with Crippen molar-refractivity contribution in [1.29, 1.82) is 0 Å². The third-order valence-corrected chi connectivity index (χ3v) is 6.36. The highest BCUT2D eigenvalue weighted by Gasteiger charge is 2.16. The van der Waals surface area contributed by atoms with Crippen LogP contribution in [0.3, 0.4) is 0 Å². The van der Waals surface area contributed by atoms with Crippen LogP contribution in [0.4, 0.5) is 15.8 Å². The lowest BCUT2D eigenvalue weighted by molar-refractivity contribution is 0.102. The molecule has 0 unspecified atom stereocenters. The number of thiophene rings is 1. The second kappa shape index (κ2) is 7.27. The Balaban J connectivity index is 1.81. The van der Waals surface area contributed by atoms with Gasteiger partial charge in [0.15, 0.2) is 0 Å². The highest BCUT2D eigenvalue weighted by molar-refractivity contribution is 7.94. The van der Waals surface area contributed by atoms with Crippen molar-refractivity contribution in [3.8, 4) is 0 Å². The summed E-state index contributed by atoms with van der Waals surface area (Å²) in [4.78, 5) is 12.4. The Kier molecular flexibility index (Phi) is 5.06. The molecular formula is C18H15FN2O3S2. The maximum Gasteiger partial charge on any atom is 0.271 e. The number of aryl methyl sites for hydroxylation is 1. The lowest BCUT2D eigenvalue weighted by Crippen LogP contribution is -2.15. The first kappa shape index (κ1) is 18.1. The number of hydrogen-bond acceptors (Lipinski definition) is 4. The lowest BCUT2D eigenvalue weighted by Gasteiger charge is -2.10. The second-order valence-electron chi connectivity index (χ2n) is 5.53. The smallest absolute Gasteiger partial charge is 0.271 e. The quantitative estimate of drug-likeness (QED) is 0.684. The molecule has 2 aromatic carbocycles. The molecule has 134 valence electrons. The summed E-state index contributed by atoms with van der Waals surface area (Å²) in [6, 6.07) is 13.3. The molecule has 0 saturated carbocycles. The number of hydrogen-bond donors (Lipinski definition) is 2. The van der Waals surface area contributed by atoms with E-state index in [4.69, 9.17) is 0 Å². The molecule has 0 aliphatic carbocycles. The fourth-order valence-corrected chi connectivity index (χ4v) is 4.31. The number of benzene rings is 2. The molecule has 3 rings (SSSR count). The standard InChI is InChI=1S/C18H15FN2O3S2/c1-12-7-8-14(19)11-16(12)20-18(22)13-4-2-5-15(10-13)21-26(23,24)17-6-3-9-25-17/h2-11,21H,1H3,(H,20,22). The molecule has 1 heterocycles. The largest absolute Gasteiger partial charge is 0.322 e. The van der Waals surface area contributed by atoms with Gasteiger partial charge in [-0.2, -0.15) is 0 Å². The molecular weight excluding hydrogens is 375 g/mol. The summed E-state index contributed by atoms with van der Waals surface area (Å²) in [6.07, 6.45) is 0. The average Bonchev–Trinajstić information content (AvgIpc) is 3.13. The maximum atomic E-state index is 13.4. The number of rotatable bonds is 5. The van der Waals surface area contributed by atoms with Crippen molar-refractivity contribution < 1.29 is 17.6 Å². The van der Waals surface area contributed by atoms with E-state index in [-0.39, 0.29) is 15.5 Å². The van der Waals surface area contributed by atoms with E-state index in [9.17, 15) is 17.6 Å². The Labute approximate surface area is 154 Å². The fraction of sp³-hybridized carbons (Fsp3) is 0.0556. The van der Waals surface area contributed by atoms with E-state index in [1.165, 1.54) is 24.3 Å². The number of carbonyl (C=O) groups is 1. The predicted molar refractivity (Wildman–Crippen MR) is 101 cm³/mol. The average molecular weight is 390 g/mol. The molecule has 0 spiro atoms. The van der Waals surface area contributed by atoms with Crippen molar-refractivity contribution in [2.75, 3.05) is 10.0 Å². The van der Waals surface area contributed by atoms with Gasteiger partial charge in [-0.25, -0.2) is 12.8 Å². The minimum absolute atomic E-state index is 0.183. The summed E-state index contributed by atoms with van der Waals surface area (Å²) < 4.78 is 40.5. The van der Waals surface area contributed by atoms with Gasteiger partial charge in [-0.1, -0.05) is 18.2 Å². The highest BCUT2D eigenvalue weighted by Crippen LogP contribution is 2.22. The second-order valence-corrected chi connectivity index (χ2v) is 8.39. The van der Waals surface area contributed by atoms with E-state index in [1.54, 1.807) is 42.6 Å². The monoisotopic (exact) mass is 390 g/mol. The van der Waals surface area contributed by atoms with Crippen LogP contribution in [0.15, 0.2) is 64.2 Å². The molecule has 0 radical (unpaired) electrons. The molecule has 8 heteroatoms. The van der Waals surface area contributed by atoms with Gasteiger partial charge in [-0.05, 0) is 54.3 Å². The zero-order chi connectivity index (χ0) is 18.7. The van der Waals surface area contributed by atoms with Crippen LogP contribution < -0.4 is 10.0 Å². The summed E-state index contributed by atoms with van der Waals surface area (Å²) in [5.74, 6) is -0.917. The first-order valence-corrected chi connectivity index (χ1v) is 9.95. The Hall–Kier alpha value is -2.71. The van der Waals surface area contributed by atoms with Crippen LogP contribution >= 0.6 is 11.3 Å². The molecule has 3 aromatic rings. The van der Waals surface area contributed by atoms with Gasteiger partial charge in [-0.15, -0.1) is 11.3 Å². The van der Waals surface area contributed by atoms with Crippen LogP contribution in [0.25, 0.3) is 0 Å². The van der Waals surface area contributed by atoms with Crippen molar-refractivity contribution >= 4 is 38.6 Å². The zero-order valence-electron chi connectivity index (χ0n) is 13.7. The molecule has 5 nitrogen and oxygen atoms in total. The molecule has 0 fully saturated rings. The van der Waals surface area contributed by atoms with Crippen molar-refractivity contribution in [3.63, 3.8) is 0 Å². The molecule has 0 bridgehead atoms. The number of sulfonamides is 1. The third-order valence-electron chi connectivity index (χ3n) is 3.58. The first-order chi connectivity index (χ1) is 12.3. The van der Waals surface area contributed by atoms with Crippen molar-refractivity contribution in [2.24, 2.45) is 0 Å². The highest BCUT2D eigenvalue weighted by atomic mass is 32.2. The Morgan fingerprint density at radius 2 is 1.88 bits per heavy atom. The molecule has 0 aliphatic rings. The number of nitrogens with one attached hydrogen (secondary N) is 2. The summed E-state index contributed by atoms with van der Waals surface area (Å²) in [7, 11) is -3.70. The minimum atomic E-state index is -3.70. The van der Waals surface area contributed by atoms with E-state index in [2.05, 4.69) is 10.0 Å². The van der Waals surface area contributed by atoms with Gasteiger partial charge in [0.1, 0.15) is 10.0 Å². The van der Waals surface area contributed by atoms with E-state index in [1.807, 2.05) is 0 Å². The van der Waals surface area contributed by atoms with Gasteiger partial charge in [0, 0.05) is 16.9 Å². The maximum absolute atomic E-state index is 13.4. The van der Waals surface area contributed by atoms with E-state index >= 15 is 0 Å². The zero-order valence-corrected chi connectivity index (χ0v) is 15.3. The molecule has 1 amide bonds. The Bertz CT molecular complexity index is 1050. The molecule has 0 atom stereocenters. The van der Waals surface area contributed by atoms with Crippen LogP contribution in [0.1, 0.15) is 15.9 Å². The van der Waals surface area contributed by atoms with Gasteiger partial charge < -0.3 is 5.32 Å². The summed E-state index contributed by atoms with van der Waals surface area (Å²) in [6.45, 7) is 1.75. The summed E-state index contributed by atoms with van der Waals surface area (Å²) in [5, 5.41) is 4.30. The molecule has 2 N–H and O–H groups in total. The van der Waals surface area contributed by atoms with E-state index in [0.29, 0.717) is 11.3 Å². The number of anilines is 2. The van der Waals surface area contributed by atoms with Gasteiger partial charge >= 0.3 is 0 Å².